The van der Waals surface area contributed by atoms with E-state index in [1.165, 1.54) is 0 Å². The lowest BCUT2D eigenvalue weighted by atomic mass is 10.2. The minimum absolute atomic E-state index is 0.0292. The van der Waals surface area contributed by atoms with E-state index < -0.39 is 0 Å². The Morgan fingerprint density at radius 1 is 1.26 bits per heavy atom. The molecule has 2 rings (SSSR count). The Morgan fingerprint density at radius 2 is 2.00 bits per heavy atom. The van der Waals surface area contributed by atoms with E-state index in [1.54, 1.807) is 36.4 Å². The monoisotopic (exact) mass is 339 g/mol. The van der Waals surface area contributed by atoms with E-state index in [-0.39, 0.29) is 11.7 Å². The van der Waals surface area contributed by atoms with Gasteiger partial charge in [0.2, 0.25) is 0 Å². The van der Waals surface area contributed by atoms with Crippen LogP contribution in [0.15, 0.2) is 40.9 Å². The number of phenols is 1. The molecule has 0 fully saturated rings. The van der Waals surface area contributed by atoms with Gasteiger partial charge in [-0.05, 0) is 42.8 Å². The van der Waals surface area contributed by atoms with Gasteiger partial charge in [-0.25, -0.2) is 0 Å². The molecule has 0 saturated carbocycles. The quantitative estimate of drug-likeness (QED) is 0.798. The zero-order chi connectivity index (χ0) is 14.0. The highest BCUT2D eigenvalue weighted by atomic mass is 79.9. The minimum Gasteiger partial charge on any atom is -0.506 e. The second kappa shape index (κ2) is 5.63. The molecule has 2 N–H and O–H groups in total. The summed E-state index contributed by atoms with van der Waals surface area (Å²) >= 11 is 9.28. The maximum absolute atomic E-state index is 12.1. The molecular weight excluding hydrogens is 330 g/mol. The number of hydrogen-bond donors (Lipinski definition) is 2. The zero-order valence-corrected chi connectivity index (χ0v) is 12.4. The fourth-order valence-electron chi connectivity index (χ4n) is 1.61. The Balaban J connectivity index is 2.25. The van der Waals surface area contributed by atoms with Gasteiger partial charge in [-0.1, -0.05) is 33.6 Å². The average Bonchev–Trinajstić information content (AvgIpc) is 2.32. The molecule has 0 aliphatic carbocycles. The fraction of sp³-hybridized carbons (Fsp3) is 0.0714. The molecule has 19 heavy (non-hydrogen) atoms. The van der Waals surface area contributed by atoms with Crippen molar-refractivity contribution in [1.29, 1.82) is 0 Å². The minimum atomic E-state index is -0.364. The number of carbonyl (C=O) groups excluding carboxylic acids is 1. The molecule has 0 saturated heterocycles. The zero-order valence-electron chi connectivity index (χ0n) is 10.1. The molecule has 0 bridgehead atoms. The molecule has 0 heterocycles. The molecule has 0 radical (unpaired) electrons. The standard InChI is InChI=1S/C14H11BrClNO2/c1-8-2-5-12(13(18)6-8)17-14(19)10-4-3-9(15)7-11(10)16/h2-7,18H,1H3,(H,17,19). The van der Waals surface area contributed by atoms with Crippen LogP contribution in [0, 0.1) is 6.92 Å². The van der Waals surface area contributed by atoms with E-state index in [2.05, 4.69) is 21.2 Å². The Bertz CT molecular complexity index is 643. The lowest BCUT2D eigenvalue weighted by Crippen LogP contribution is -2.12. The lowest BCUT2D eigenvalue weighted by Gasteiger charge is -2.09. The van der Waals surface area contributed by atoms with Gasteiger partial charge in [0.15, 0.2) is 0 Å². The van der Waals surface area contributed by atoms with Crippen molar-refractivity contribution in [3.63, 3.8) is 0 Å². The van der Waals surface area contributed by atoms with E-state index in [9.17, 15) is 9.90 Å². The van der Waals surface area contributed by atoms with Gasteiger partial charge in [0, 0.05) is 4.47 Å². The molecule has 0 aromatic heterocycles. The number of nitrogens with one attached hydrogen (secondary N) is 1. The third kappa shape index (κ3) is 3.28. The lowest BCUT2D eigenvalue weighted by molar-refractivity contribution is 0.102. The Kier molecular flexibility index (Phi) is 4.12. The first kappa shape index (κ1) is 13.9. The summed E-state index contributed by atoms with van der Waals surface area (Å²) in [6.07, 6.45) is 0. The molecule has 0 aliphatic heterocycles. The number of carbonyl (C=O) groups is 1. The summed E-state index contributed by atoms with van der Waals surface area (Å²) in [4.78, 5) is 12.1. The van der Waals surface area contributed by atoms with Crippen molar-refractivity contribution in [3.05, 3.63) is 57.0 Å². The van der Waals surface area contributed by atoms with Crippen molar-refractivity contribution >= 4 is 39.1 Å². The molecule has 0 spiro atoms. The molecule has 0 aliphatic rings. The number of halogens is 2. The highest BCUT2D eigenvalue weighted by Crippen LogP contribution is 2.26. The first-order chi connectivity index (χ1) is 8.97. The predicted octanol–water partition coefficient (Wildman–Crippen LogP) is 4.37. The molecule has 98 valence electrons. The molecule has 0 unspecified atom stereocenters. The number of phenolic OH excluding ortho intramolecular Hbond substituents is 1. The maximum atomic E-state index is 12.1. The molecule has 2 aromatic rings. The van der Waals surface area contributed by atoms with Crippen molar-refractivity contribution in [2.45, 2.75) is 6.92 Å². The molecule has 2 aromatic carbocycles. The molecule has 1 amide bonds. The van der Waals surface area contributed by atoms with Gasteiger partial charge in [-0.2, -0.15) is 0 Å². The number of hydrogen-bond acceptors (Lipinski definition) is 2. The number of benzene rings is 2. The SMILES string of the molecule is Cc1ccc(NC(=O)c2ccc(Br)cc2Cl)c(O)c1. The van der Waals surface area contributed by atoms with E-state index in [1.807, 2.05) is 6.92 Å². The maximum Gasteiger partial charge on any atom is 0.257 e. The number of anilines is 1. The topological polar surface area (TPSA) is 49.3 Å². The van der Waals surface area contributed by atoms with Crippen LogP contribution in [-0.2, 0) is 0 Å². The largest absolute Gasteiger partial charge is 0.506 e. The highest BCUT2D eigenvalue weighted by Gasteiger charge is 2.12. The number of aromatic hydroxyl groups is 1. The van der Waals surface area contributed by atoms with Gasteiger partial charge in [0.25, 0.3) is 5.91 Å². The first-order valence-corrected chi connectivity index (χ1v) is 6.70. The Labute approximate surface area is 124 Å². The van der Waals surface area contributed by atoms with Gasteiger partial charge >= 0.3 is 0 Å². The second-order valence-corrected chi connectivity index (χ2v) is 5.42. The fourth-order valence-corrected chi connectivity index (χ4v) is 2.37. The van der Waals surface area contributed by atoms with Crippen LogP contribution < -0.4 is 5.32 Å². The smallest absolute Gasteiger partial charge is 0.257 e. The van der Waals surface area contributed by atoms with Crippen LogP contribution >= 0.6 is 27.5 Å². The summed E-state index contributed by atoms with van der Waals surface area (Å²) in [5.41, 5.74) is 1.62. The molecule has 5 heteroatoms. The van der Waals surface area contributed by atoms with Crippen LogP contribution in [0.3, 0.4) is 0 Å². The highest BCUT2D eigenvalue weighted by molar-refractivity contribution is 9.10. The predicted molar refractivity (Wildman–Crippen MR) is 79.9 cm³/mol. The van der Waals surface area contributed by atoms with E-state index in [0.717, 1.165) is 10.0 Å². The van der Waals surface area contributed by atoms with Gasteiger partial charge in [-0.3, -0.25) is 4.79 Å². The van der Waals surface area contributed by atoms with Gasteiger partial charge in [0.05, 0.1) is 16.3 Å². The summed E-state index contributed by atoms with van der Waals surface area (Å²) in [6, 6.07) is 10.0. The van der Waals surface area contributed by atoms with Crippen LogP contribution in [0.25, 0.3) is 0 Å². The normalized spacial score (nSPS) is 10.3. The first-order valence-electron chi connectivity index (χ1n) is 5.53. The molecule has 3 nitrogen and oxygen atoms in total. The molecule has 0 atom stereocenters. The second-order valence-electron chi connectivity index (χ2n) is 4.10. The summed E-state index contributed by atoms with van der Waals surface area (Å²) in [6.45, 7) is 1.86. The van der Waals surface area contributed by atoms with Crippen molar-refractivity contribution in [3.8, 4) is 5.75 Å². The third-order valence-electron chi connectivity index (χ3n) is 2.58. The van der Waals surface area contributed by atoms with Gasteiger partial charge in [-0.15, -0.1) is 0 Å². The van der Waals surface area contributed by atoms with Gasteiger partial charge < -0.3 is 10.4 Å². The van der Waals surface area contributed by atoms with Crippen LogP contribution in [0.2, 0.25) is 5.02 Å². The average molecular weight is 341 g/mol. The third-order valence-corrected chi connectivity index (χ3v) is 3.38. The number of amides is 1. The number of rotatable bonds is 2. The summed E-state index contributed by atoms with van der Waals surface area (Å²) < 4.78 is 0.798. The van der Waals surface area contributed by atoms with Crippen molar-refractivity contribution in [2.24, 2.45) is 0 Å². The van der Waals surface area contributed by atoms with Gasteiger partial charge in [0.1, 0.15) is 5.75 Å². The molecular formula is C14H11BrClNO2. The Morgan fingerprint density at radius 3 is 2.63 bits per heavy atom. The summed E-state index contributed by atoms with van der Waals surface area (Å²) in [5.74, 6) is -0.335. The van der Waals surface area contributed by atoms with E-state index in [0.29, 0.717) is 16.3 Å². The van der Waals surface area contributed by atoms with E-state index >= 15 is 0 Å². The van der Waals surface area contributed by atoms with Crippen molar-refractivity contribution in [1.82, 2.24) is 0 Å². The van der Waals surface area contributed by atoms with Crippen molar-refractivity contribution in [2.75, 3.05) is 5.32 Å². The van der Waals surface area contributed by atoms with Crippen LogP contribution in [0.1, 0.15) is 15.9 Å². The van der Waals surface area contributed by atoms with E-state index in [4.69, 9.17) is 11.6 Å². The number of aryl methyl sites for hydroxylation is 1. The summed E-state index contributed by atoms with van der Waals surface area (Å²) in [5, 5.41) is 12.7. The van der Waals surface area contributed by atoms with Crippen LogP contribution in [0.4, 0.5) is 5.69 Å². The van der Waals surface area contributed by atoms with Crippen molar-refractivity contribution < 1.29 is 9.90 Å². The Hall–Kier alpha value is -1.52. The summed E-state index contributed by atoms with van der Waals surface area (Å²) in [7, 11) is 0. The van der Waals surface area contributed by atoms with Crippen LogP contribution in [0.5, 0.6) is 5.75 Å². The van der Waals surface area contributed by atoms with Crippen LogP contribution in [-0.4, -0.2) is 11.0 Å².